The zero-order valence-electron chi connectivity index (χ0n) is 11.2. The number of aryl methyl sites for hydroxylation is 1. The molecule has 5 nitrogen and oxygen atoms in total. The van der Waals surface area contributed by atoms with E-state index in [4.69, 9.17) is 9.52 Å². The molecule has 5 heteroatoms. The van der Waals surface area contributed by atoms with Crippen molar-refractivity contribution < 1.29 is 19.4 Å². The Labute approximate surface area is 112 Å². The molecular weight excluding hydrogens is 246 g/mol. The van der Waals surface area contributed by atoms with Crippen LogP contribution in [0.1, 0.15) is 54.0 Å². The van der Waals surface area contributed by atoms with Crippen LogP contribution < -0.4 is 5.32 Å². The van der Waals surface area contributed by atoms with Gasteiger partial charge in [-0.25, -0.2) is 4.79 Å². The quantitative estimate of drug-likeness (QED) is 0.760. The maximum atomic E-state index is 10.8. The smallest absolute Gasteiger partial charge is 0.371 e. The lowest BCUT2D eigenvalue weighted by molar-refractivity contribution is 0.0661. The first-order valence-electron chi connectivity index (χ1n) is 6.75. The van der Waals surface area contributed by atoms with Gasteiger partial charge in [-0.05, 0) is 25.8 Å². The molecule has 0 spiro atoms. The highest BCUT2D eigenvalue weighted by molar-refractivity contribution is 5.84. The molecule has 1 saturated carbocycles. The number of carbonyl (C=O) groups is 1. The molecule has 0 aromatic carbocycles. The van der Waals surface area contributed by atoms with E-state index in [0.717, 1.165) is 31.2 Å². The van der Waals surface area contributed by atoms with Crippen LogP contribution in [0, 0.1) is 6.92 Å². The summed E-state index contributed by atoms with van der Waals surface area (Å²) in [6, 6.07) is 1.55. The van der Waals surface area contributed by atoms with Crippen molar-refractivity contribution in [1.82, 2.24) is 5.32 Å². The van der Waals surface area contributed by atoms with Gasteiger partial charge >= 0.3 is 5.97 Å². The summed E-state index contributed by atoms with van der Waals surface area (Å²) in [5.74, 6) is -0.464. The molecule has 0 bridgehead atoms. The molecule has 1 aliphatic carbocycles. The van der Waals surface area contributed by atoms with E-state index in [1.165, 1.54) is 6.42 Å². The Morgan fingerprint density at radius 1 is 1.42 bits per heavy atom. The first-order chi connectivity index (χ1) is 9.06. The molecule has 19 heavy (non-hydrogen) atoms. The van der Waals surface area contributed by atoms with Gasteiger partial charge in [0.15, 0.2) is 0 Å². The minimum absolute atomic E-state index is 0.0315. The minimum Gasteiger partial charge on any atom is -0.475 e. The zero-order chi connectivity index (χ0) is 13.9. The second-order valence-corrected chi connectivity index (χ2v) is 5.35. The summed E-state index contributed by atoms with van der Waals surface area (Å²) in [5, 5.41) is 21.9. The van der Waals surface area contributed by atoms with Gasteiger partial charge in [-0.2, -0.15) is 0 Å². The molecule has 0 aliphatic heterocycles. The van der Waals surface area contributed by atoms with E-state index >= 15 is 0 Å². The van der Waals surface area contributed by atoms with Gasteiger partial charge in [-0.3, -0.25) is 0 Å². The van der Waals surface area contributed by atoms with E-state index in [-0.39, 0.29) is 17.9 Å². The average molecular weight is 267 g/mol. The molecule has 0 saturated heterocycles. The summed E-state index contributed by atoms with van der Waals surface area (Å²) in [6.07, 6.45) is 5.40. The predicted octanol–water partition coefficient (Wildman–Crippen LogP) is 2.07. The van der Waals surface area contributed by atoms with Crippen molar-refractivity contribution in [2.75, 3.05) is 6.61 Å². The summed E-state index contributed by atoms with van der Waals surface area (Å²) < 4.78 is 5.18. The fraction of sp³-hybridized carbons (Fsp3) is 0.643. The lowest BCUT2D eigenvalue weighted by Crippen LogP contribution is -2.49. The second kappa shape index (κ2) is 5.75. The summed E-state index contributed by atoms with van der Waals surface area (Å²) in [4.78, 5) is 10.8. The number of carboxylic acids is 1. The van der Waals surface area contributed by atoms with Crippen molar-refractivity contribution in [2.45, 2.75) is 51.1 Å². The number of hydrogen-bond donors (Lipinski definition) is 3. The van der Waals surface area contributed by atoms with Crippen LogP contribution in [0.15, 0.2) is 10.5 Å². The number of aromatic carboxylic acids is 1. The summed E-state index contributed by atoms with van der Waals surface area (Å²) in [5.41, 5.74) is 0.626. The lowest BCUT2D eigenvalue weighted by atomic mass is 9.82. The normalized spacial score (nSPS) is 18.4. The SMILES string of the molecule is Cc1oc(C(=O)O)cc1CNC1(CO)CCCCC1. The highest BCUT2D eigenvalue weighted by Gasteiger charge is 2.31. The highest BCUT2D eigenvalue weighted by atomic mass is 16.4. The summed E-state index contributed by atoms with van der Waals surface area (Å²) in [7, 11) is 0. The van der Waals surface area contributed by atoms with Crippen LogP contribution in [0.5, 0.6) is 0 Å². The molecule has 1 heterocycles. The molecule has 1 aromatic heterocycles. The van der Waals surface area contributed by atoms with E-state index < -0.39 is 5.97 Å². The molecule has 106 valence electrons. The molecule has 0 amide bonds. The molecule has 2 rings (SSSR count). The van der Waals surface area contributed by atoms with E-state index in [0.29, 0.717) is 12.3 Å². The van der Waals surface area contributed by atoms with Crippen LogP contribution >= 0.6 is 0 Å². The van der Waals surface area contributed by atoms with Crippen LogP contribution in [0.4, 0.5) is 0 Å². The van der Waals surface area contributed by atoms with Crippen molar-refractivity contribution in [1.29, 1.82) is 0 Å². The van der Waals surface area contributed by atoms with E-state index in [2.05, 4.69) is 5.32 Å². The van der Waals surface area contributed by atoms with Gasteiger partial charge in [-0.15, -0.1) is 0 Å². The second-order valence-electron chi connectivity index (χ2n) is 5.35. The largest absolute Gasteiger partial charge is 0.475 e. The summed E-state index contributed by atoms with van der Waals surface area (Å²) in [6.45, 7) is 2.41. The molecular formula is C14H21NO4. The number of aliphatic hydroxyl groups is 1. The monoisotopic (exact) mass is 267 g/mol. The number of rotatable bonds is 5. The van der Waals surface area contributed by atoms with Crippen molar-refractivity contribution >= 4 is 5.97 Å². The Morgan fingerprint density at radius 2 is 2.11 bits per heavy atom. The maximum absolute atomic E-state index is 10.8. The predicted molar refractivity (Wildman–Crippen MR) is 70.1 cm³/mol. The molecule has 0 radical (unpaired) electrons. The van der Waals surface area contributed by atoms with Crippen molar-refractivity contribution in [3.63, 3.8) is 0 Å². The van der Waals surface area contributed by atoms with Gasteiger partial charge in [0.2, 0.25) is 5.76 Å². The van der Waals surface area contributed by atoms with Crippen LogP contribution in [-0.2, 0) is 6.54 Å². The Bertz CT molecular complexity index is 446. The molecule has 1 fully saturated rings. The van der Waals surface area contributed by atoms with Gasteiger partial charge in [-0.1, -0.05) is 19.3 Å². The Kier molecular flexibility index (Phi) is 4.27. The molecule has 3 N–H and O–H groups in total. The topological polar surface area (TPSA) is 82.7 Å². The van der Waals surface area contributed by atoms with Crippen LogP contribution in [0.25, 0.3) is 0 Å². The number of hydrogen-bond acceptors (Lipinski definition) is 4. The average Bonchev–Trinajstić information content (AvgIpc) is 2.79. The van der Waals surface area contributed by atoms with E-state index in [1.807, 2.05) is 0 Å². The van der Waals surface area contributed by atoms with Crippen molar-refractivity contribution in [3.05, 3.63) is 23.2 Å². The molecule has 0 unspecified atom stereocenters. The third-order valence-corrected chi connectivity index (χ3v) is 4.00. The fourth-order valence-electron chi connectivity index (χ4n) is 2.70. The van der Waals surface area contributed by atoms with Gasteiger partial charge in [0.1, 0.15) is 5.76 Å². The Morgan fingerprint density at radius 3 is 2.63 bits per heavy atom. The molecule has 1 aromatic rings. The van der Waals surface area contributed by atoms with E-state index in [1.54, 1.807) is 13.0 Å². The third kappa shape index (κ3) is 3.16. The van der Waals surface area contributed by atoms with Crippen LogP contribution in [0.3, 0.4) is 0 Å². The van der Waals surface area contributed by atoms with Crippen molar-refractivity contribution in [3.8, 4) is 0 Å². The fourth-order valence-corrected chi connectivity index (χ4v) is 2.70. The van der Waals surface area contributed by atoms with Gasteiger partial charge < -0.3 is 19.9 Å². The number of aliphatic hydroxyl groups excluding tert-OH is 1. The highest BCUT2D eigenvalue weighted by Crippen LogP contribution is 2.28. The van der Waals surface area contributed by atoms with Crippen LogP contribution in [0.2, 0.25) is 0 Å². The number of nitrogens with one attached hydrogen (secondary N) is 1. The first-order valence-corrected chi connectivity index (χ1v) is 6.75. The zero-order valence-corrected chi connectivity index (χ0v) is 11.2. The Hall–Kier alpha value is -1.33. The van der Waals surface area contributed by atoms with Gasteiger partial charge in [0.25, 0.3) is 0 Å². The first kappa shape index (κ1) is 14.1. The number of carboxylic acid groups (broad SMARTS) is 1. The van der Waals surface area contributed by atoms with Gasteiger partial charge in [0.05, 0.1) is 6.61 Å². The van der Waals surface area contributed by atoms with Gasteiger partial charge in [0, 0.05) is 17.6 Å². The Balaban J connectivity index is 2.02. The molecule has 1 aliphatic rings. The van der Waals surface area contributed by atoms with Crippen LogP contribution in [-0.4, -0.2) is 28.3 Å². The third-order valence-electron chi connectivity index (χ3n) is 4.00. The maximum Gasteiger partial charge on any atom is 0.371 e. The van der Waals surface area contributed by atoms with Crippen molar-refractivity contribution in [2.24, 2.45) is 0 Å². The molecule has 0 atom stereocenters. The van der Waals surface area contributed by atoms with E-state index in [9.17, 15) is 9.90 Å². The number of furan rings is 1. The lowest BCUT2D eigenvalue weighted by Gasteiger charge is -2.36. The summed E-state index contributed by atoms with van der Waals surface area (Å²) >= 11 is 0. The minimum atomic E-state index is -1.05. The standard InChI is InChI=1S/C14H21NO4/c1-10-11(7-12(19-10)13(17)18)8-15-14(9-16)5-3-2-4-6-14/h7,15-16H,2-6,8-9H2,1H3,(H,17,18).